The second-order valence-corrected chi connectivity index (χ2v) is 5.77. The second kappa shape index (κ2) is 10.8. The molecular weight excluding hydrogens is 316 g/mol. The molecule has 1 aromatic carbocycles. The summed E-state index contributed by atoms with van der Waals surface area (Å²) in [5.41, 5.74) is 1.43. The number of benzene rings is 1. The van der Waals surface area contributed by atoms with Gasteiger partial charge in [0, 0.05) is 49.8 Å². The first-order chi connectivity index (χ1) is 11.0. The van der Waals surface area contributed by atoms with Crippen molar-refractivity contribution in [3.8, 4) is 0 Å². The lowest BCUT2D eigenvalue weighted by Crippen LogP contribution is -2.42. The molecule has 1 fully saturated rings. The number of thioether (sulfide) groups is 1. The minimum absolute atomic E-state index is 0.558. The summed E-state index contributed by atoms with van der Waals surface area (Å²) in [6, 6.07) is 8.85. The summed E-state index contributed by atoms with van der Waals surface area (Å²) in [7, 11) is 0. The molecule has 0 aromatic heterocycles. The summed E-state index contributed by atoms with van der Waals surface area (Å²) in [6.45, 7) is 5.69. The van der Waals surface area contributed by atoms with E-state index in [0.29, 0.717) is 12.2 Å². The minimum Gasteiger partial charge on any atom is -0.478 e. The quantitative estimate of drug-likeness (QED) is 0.554. The van der Waals surface area contributed by atoms with Gasteiger partial charge in [0.05, 0.1) is 0 Å². The molecule has 1 saturated heterocycles. The van der Waals surface area contributed by atoms with Crippen LogP contribution in [-0.2, 0) is 16.1 Å². The van der Waals surface area contributed by atoms with Crippen molar-refractivity contribution in [1.29, 1.82) is 0 Å². The molecule has 0 atom stereocenters. The van der Waals surface area contributed by atoms with Crippen LogP contribution >= 0.6 is 11.8 Å². The zero-order chi connectivity index (χ0) is 17.1. The normalized spacial score (nSPS) is 15.0. The number of hydrogen-bond donors (Lipinski definition) is 3. The Bertz CT molecular complexity index is 527. The maximum Gasteiger partial charge on any atom is 0.328 e. The number of rotatable bonds is 5. The van der Waals surface area contributed by atoms with Gasteiger partial charge in [-0.25, -0.2) is 9.59 Å². The van der Waals surface area contributed by atoms with E-state index >= 15 is 0 Å². The number of carbonyl (C=O) groups is 2. The molecule has 0 spiro atoms. The molecule has 126 valence electrons. The Kier molecular flexibility index (Phi) is 9.04. The Balaban J connectivity index is 0.000000284. The standard InChI is InChI=1S/C12H18N2S.C4H4O4/c1-15-12-4-2-3-11(9-12)10-14-7-5-13-6-8-14;5-3(6)1-2-4(7)8/h2-4,9,13H,5-8,10H2,1H3;1-2H,(H,5,6)(H,7,8)/b;2-1+. The van der Waals surface area contributed by atoms with Crippen molar-refractivity contribution in [3.63, 3.8) is 0 Å². The second-order valence-electron chi connectivity index (χ2n) is 4.89. The van der Waals surface area contributed by atoms with Crippen molar-refractivity contribution < 1.29 is 19.8 Å². The zero-order valence-electron chi connectivity index (χ0n) is 13.1. The summed E-state index contributed by atoms with van der Waals surface area (Å²) in [4.78, 5) is 23.0. The first-order valence-electron chi connectivity index (χ1n) is 7.21. The highest BCUT2D eigenvalue weighted by Gasteiger charge is 2.09. The van der Waals surface area contributed by atoms with E-state index in [-0.39, 0.29) is 0 Å². The van der Waals surface area contributed by atoms with Crippen LogP contribution in [-0.4, -0.2) is 59.5 Å². The van der Waals surface area contributed by atoms with Crippen LogP contribution < -0.4 is 5.32 Å². The Morgan fingerprint density at radius 1 is 1.22 bits per heavy atom. The highest BCUT2D eigenvalue weighted by Crippen LogP contribution is 2.17. The van der Waals surface area contributed by atoms with E-state index < -0.39 is 11.9 Å². The van der Waals surface area contributed by atoms with Gasteiger partial charge in [0.25, 0.3) is 0 Å². The molecule has 23 heavy (non-hydrogen) atoms. The maximum atomic E-state index is 9.55. The SMILES string of the molecule is CSc1cccc(CN2CCNCC2)c1.O=C(O)/C=C/C(=O)O. The van der Waals surface area contributed by atoms with Crippen molar-refractivity contribution in [3.05, 3.63) is 42.0 Å². The van der Waals surface area contributed by atoms with E-state index in [1.54, 1.807) is 0 Å². The Hall–Kier alpha value is -1.83. The van der Waals surface area contributed by atoms with E-state index in [9.17, 15) is 9.59 Å². The van der Waals surface area contributed by atoms with Crippen LogP contribution in [0.2, 0.25) is 0 Å². The van der Waals surface area contributed by atoms with Crippen LogP contribution in [0.3, 0.4) is 0 Å². The van der Waals surface area contributed by atoms with E-state index in [4.69, 9.17) is 10.2 Å². The van der Waals surface area contributed by atoms with Crippen LogP contribution in [0.1, 0.15) is 5.56 Å². The minimum atomic E-state index is -1.26. The molecule has 1 aliphatic rings. The lowest BCUT2D eigenvalue weighted by molar-refractivity contribution is -0.134. The lowest BCUT2D eigenvalue weighted by Gasteiger charge is -2.27. The predicted octanol–water partition coefficient (Wildman–Crippen LogP) is 1.53. The Morgan fingerprint density at radius 3 is 2.35 bits per heavy atom. The third kappa shape index (κ3) is 9.02. The number of nitrogens with zero attached hydrogens (tertiary/aromatic N) is 1. The van der Waals surface area contributed by atoms with Crippen molar-refractivity contribution in [2.24, 2.45) is 0 Å². The van der Waals surface area contributed by atoms with Crippen molar-refractivity contribution in [1.82, 2.24) is 10.2 Å². The van der Waals surface area contributed by atoms with Crippen molar-refractivity contribution >= 4 is 23.7 Å². The molecule has 0 unspecified atom stereocenters. The average molecular weight is 338 g/mol. The third-order valence-electron chi connectivity index (χ3n) is 3.12. The fourth-order valence-corrected chi connectivity index (χ4v) is 2.52. The molecule has 1 heterocycles. The number of carboxylic acid groups (broad SMARTS) is 2. The predicted molar refractivity (Wildman–Crippen MR) is 90.8 cm³/mol. The molecule has 2 rings (SSSR count). The summed E-state index contributed by atoms with van der Waals surface area (Å²) < 4.78 is 0. The molecule has 7 heteroatoms. The van der Waals surface area contributed by atoms with Crippen LogP contribution in [0.25, 0.3) is 0 Å². The molecule has 1 aromatic rings. The van der Waals surface area contributed by atoms with E-state index in [1.165, 1.54) is 23.5 Å². The highest BCUT2D eigenvalue weighted by atomic mass is 32.2. The molecule has 0 saturated carbocycles. The Labute approximate surface area is 140 Å². The smallest absolute Gasteiger partial charge is 0.328 e. The molecule has 3 N–H and O–H groups in total. The van der Waals surface area contributed by atoms with Gasteiger partial charge >= 0.3 is 11.9 Å². The van der Waals surface area contributed by atoms with Crippen LogP contribution in [0.4, 0.5) is 0 Å². The van der Waals surface area contributed by atoms with Gasteiger partial charge in [0.15, 0.2) is 0 Å². The first-order valence-corrected chi connectivity index (χ1v) is 8.43. The van der Waals surface area contributed by atoms with E-state index in [2.05, 4.69) is 40.7 Å². The summed E-state index contributed by atoms with van der Waals surface area (Å²) in [6.07, 6.45) is 3.24. The highest BCUT2D eigenvalue weighted by molar-refractivity contribution is 7.98. The van der Waals surface area contributed by atoms with Crippen molar-refractivity contribution in [2.45, 2.75) is 11.4 Å². The number of hydrogen-bond acceptors (Lipinski definition) is 5. The number of piperazine rings is 1. The van der Waals surface area contributed by atoms with Gasteiger partial charge in [-0.2, -0.15) is 0 Å². The molecule has 0 bridgehead atoms. The maximum absolute atomic E-state index is 9.55. The number of carboxylic acids is 2. The summed E-state index contributed by atoms with van der Waals surface area (Å²) in [5.74, 6) is -2.51. The zero-order valence-corrected chi connectivity index (χ0v) is 13.9. The summed E-state index contributed by atoms with van der Waals surface area (Å²) >= 11 is 1.81. The van der Waals surface area contributed by atoms with Crippen LogP contribution in [0, 0.1) is 0 Å². The first kappa shape index (κ1) is 19.2. The largest absolute Gasteiger partial charge is 0.478 e. The monoisotopic (exact) mass is 338 g/mol. The number of nitrogens with one attached hydrogen (secondary N) is 1. The van der Waals surface area contributed by atoms with Crippen LogP contribution in [0.15, 0.2) is 41.3 Å². The molecule has 1 aliphatic heterocycles. The van der Waals surface area contributed by atoms with Gasteiger partial charge in [0.2, 0.25) is 0 Å². The van der Waals surface area contributed by atoms with Gasteiger partial charge in [0.1, 0.15) is 0 Å². The van der Waals surface area contributed by atoms with E-state index in [0.717, 1.165) is 19.6 Å². The Morgan fingerprint density at radius 2 is 1.83 bits per heavy atom. The number of aliphatic carboxylic acids is 2. The molecule has 0 radical (unpaired) electrons. The van der Waals surface area contributed by atoms with Crippen LogP contribution in [0.5, 0.6) is 0 Å². The van der Waals surface area contributed by atoms with Gasteiger partial charge in [-0.05, 0) is 24.0 Å². The lowest BCUT2D eigenvalue weighted by atomic mass is 10.2. The average Bonchev–Trinajstić information content (AvgIpc) is 2.55. The molecule has 0 aliphatic carbocycles. The topological polar surface area (TPSA) is 89.9 Å². The van der Waals surface area contributed by atoms with E-state index in [1.807, 2.05) is 11.8 Å². The van der Waals surface area contributed by atoms with Gasteiger partial charge in [-0.15, -0.1) is 11.8 Å². The van der Waals surface area contributed by atoms with Gasteiger partial charge < -0.3 is 15.5 Å². The fraction of sp³-hybridized carbons (Fsp3) is 0.375. The molecular formula is C16H22N2O4S. The molecule has 0 amide bonds. The summed E-state index contributed by atoms with van der Waals surface area (Å²) in [5, 5.41) is 19.0. The fourth-order valence-electron chi connectivity index (χ4n) is 2.04. The molecule has 6 nitrogen and oxygen atoms in total. The van der Waals surface area contributed by atoms with Crippen molar-refractivity contribution in [2.75, 3.05) is 32.4 Å². The van der Waals surface area contributed by atoms with Gasteiger partial charge in [-0.3, -0.25) is 4.90 Å². The third-order valence-corrected chi connectivity index (χ3v) is 3.84. The van der Waals surface area contributed by atoms with Gasteiger partial charge in [-0.1, -0.05) is 12.1 Å².